The van der Waals surface area contributed by atoms with E-state index >= 15 is 0 Å². The highest BCUT2D eigenvalue weighted by molar-refractivity contribution is 5.92. The van der Waals surface area contributed by atoms with Crippen molar-refractivity contribution in [3.8, 4) is 0 Å². The SMILES string of the molecule is Cc1cc(F)cc(NC(=O)CNC2CCCC2)c1. The fourth-order valence-electron chi connectivity index (χ4n) is 2.38. The van der Waals surface area contributed by atoms with Crippen LogP contribution in [0.3, 0.4) is 0 Å². The first-order valence-corrected chi connectivity index (χ1v) is 6.44. The Balaban J connectivity index is 1.82. The number of nitrogens with one attached hydrogen (secondary N) is 2. The van der Waals surface area contributed by atoms with Gasteiger partial charge in [0.1, 0.15) is 5.82 Å². The molecular formula is C14H19FN2O. The van der Waals surface area contributed by atoms with Gasteiger partial charge in [0, 0.05) is 11.7 Å². The van der Waals surface area contributed by atoms with Crippen LogP contribution in [0.25, 0.3) is 0 Å². The van der Waals surface area contributed by atoms with Gasteiger partial charge < -0.3 is 10.6 Å². The third kappa shape index (κ3) is 3.81. The van der Waals surface area contributed by atoms with E-state index in [1.165, 1.54) is 25.0 Å². The molecule has 0 atom stereocenters. The van der Waals surface area contributed by atoms with E-state index in [1.54, 1.807) is 13.0 Å². The first-order valence-electron chi connectivity index (χ1n) is 6.44. The quantitative estimate of drug-likeness (QED) is 0.862. The van der Waals surface area contributed by atoms with Crippen molar-refractivity contribution in [2.24, 2.45) is 0 Å². The average molecular weight is 250 g/mol. The minimum absolute atomic E-state index is 0.119. The van der Waals surface area contributed by atoms with E-state index < -0.39 is 0 Å². The van der Waals surface area contributed by atoms with E-state index in [-0.39, 0.29) is 11.7 Å². The Morgan fingerprint density at radius 3 is 2.72 bits per heavy atom. The lowest BCUT2D eigenvalue weighted by atomic mass is 10.2. The number of rotatable bonds is 4. The lowest BCUT2D eigenvalue weighted by Crippen LogP contribution is -2.34. The molecule has 1 saturated carbocycles. The van der Waals surface area contributed by atoms with Gasteiger partial charge in [0.15, 0.2) is 0 Å². The Kier molecular flexibility index (Phi) is 4.31. The molecule has 2 rings (SSSR count). The lowest BCUT2D eigenvalue weighted by molar-refractivity contribution is -0.115. The molecular weight excluding hydrogens is 231 g/mol. The molecule has 2 N–H and O–H groups in total. The van der Waals surface area contributed by atoms with E-state index in [4.69, 9.17) is 0 Å². The van der Waals surface area contributed by atoms with E-state index in [0.29, 0.717) is 18.3 Å². The second-order valence-corrected chi connectivity index (χ2v) is 4.93. The van der Waals surface area contributed by atoms with Crippen molar-refractivity contribution in [1.82, 2.24) is 5.32 Å². The molecule has 1 aromatic rings. The summed E-state index contributed by atoms with van der Waals surface area (Å²) in [5.41, 5.74) is 1.32. The molecule has 0 spiro atoms. The van der Waals surface area contributed by atoms with Gasteiger partial charge >= 0.3 is 0 Å². The van der Waals surface area contributed by atoms with Crippen molar-refractivity contribution in [3.63, 3.8) is 0 Å². The van der Waals surface area contributed by atoms with Gasteiger partial charge in [-0.05, 0) is 43.5 Å². The van der Waals surface area contributed by atoms with Gasteiger partial charge in [0.25, 0.3) is 0 Å². The monoisotopic (exact) mass is 250 g/mol. The Bertz CT molecular complexity index is 408. The molecule has 1 amide bonds. The van der Waals surface area contributed by atoms with E-state index in [9.17, 15) is 9.18 Å². The molecule has 3 nitrogen and oxygen atoms in total. The third-order valence-corrected chi connectivity index (χ3v) is 3.23. The summed E-state index contributed by atoms with van der Waals surface area (Å²) in [6, 6.07) is 4.99. The lowest BCUT2D eigenvalue weighted by Gasteiger charge is -2.12. The highest BCUT2D eigenvalue weighted by Gasteiger charge is 2.15. The summed E-state index contributed by atoms with van der Waals surface area (Å²) in [5, 5.41) is 5.93. The van der Waals surface area contributed by atoms with Crippen LogP contribution in [0.4, 0.5) is 10.1 Å². The van der Waals surface area contributed by atoms with Crippen molar-refractivity contribution in [2.45, 2.75) is 38.6 Å². The number of halogens is 1. The highest BCUT2D eigenvalue weighted by atomic mass is 19.1. The second kappa shape index (κ2) is 5.96. The van der Waals surface area contributed by atoms with Crippen LogP contribution in [0.15, 0.2) is 18.2 Å². The van der Waals surface area contributed by atoms with Crippen LogP contribution in [0.5, 0.6) is 0 Å². The van der Waals surface area contributed by atoms with Crippen LogP contribution in [0, 0.1) is 12.7 Å². The van der Waals surface area contributed by atoms with Gasteiger partial charge in [0.2, 0.25) is 5.91 Å². The summed E-state index contributed by atoms with van der Waals surface area (Å²) in [5.74, 6) is -0.444. The van der Waals surface area contributed by atoms with Gasteiger partial charge in [-0.3, -0.25) is 4.79 Å². The number of carbonyl (C=O) groups is 1. The zero-order chi connectivity index (χ0) is 13.0. The van der Waals surface area contributed by atoms with Gasteiger partial charge in [-0.2, -0.15) is 0 Å². The third-order valence-electron chi connectivity index (χ3n) is 3.23. The maximum atomic E-state index is 13.1. The summed E-state index contributed by atoms with van der Waals surface area (Å²) in [4.78, 5) is 11.7. The minimum atomic E-state index is -0.325. The zero-order valence-corrected chi connectivity index (χ0v) is 10.6. The predicted octanol–water partition coefficient (Wildman–Crippen LogP) is 2.60. The number of hydrogen-bond donors (Lipinski definition) is 2. The Labute approximate surface area is 107 Å². The smallest absolute Gasteiger partial charge is 0.238 e. The average Bonchev–Trinajstić information content (AvgIpc) is 2.77. The molecule has 0 saturated heterocycles. The Hall–Kier alpha value is -1.42. The second-order valence-electron chi connectivity index (χ2n) is 4.93. The first kappa shape index (κ1) is 13.0. The summed E-state index contributed by atoms with van der Waals surface area (Å²) < 4.78 is 13.1. The number of amides is 1. The molecule has 1 fully saturated rings. The van der Waals surface area contributed by atoms with Crippen LogP contribution < -0.4 is 10.6 Å². The van der Waals surface area contributed by atoms with Crippen molar-refractivity contribution in [1.29, 1.82) is 0 Å². The molecule has 0 bridgehead atoms. The van der Waals surface area contributed by atoms with E-state index in [0.717, 1.165) is 18.4 Å². The zero-order valence-electron chi connectivity index (χ0n) is 10.6. The molecule has 0 heterocycles. The number of aryl methyl sites for hydroxylation is 1. The number of carbonyl (C=O) groups excluding carboxylic acids is 1. The normalized spacial score (nSPS) is 15.9. The van der Waals surface area contributed by atoms with Gasteiger partial charge in [-0.25, -0.2) is 4.39 Å². The van der Waals surface area contributed by atoms with Crippen molar-refractivity contribution in [2.75, 3.05) is 11.9 Å². The topological polar surface area (TPSA) is 41.1 Å². The summed E-state index contributed by atoms with van der Waals surface area (Å²) in [6.45, 7) is 2.09. The maximum absolute atomic E-state index is 13.1. The van der Waals surface area contributed by atoms with Gasteiger partial charge in [-0.15, -0.1) is 0 Å². The molecule has 1 aliphatic carbocycles. The molecule has 98 valence electrons. The van der Waals surface area contributed by atoms with Gasteiger partial charge in [-0.1, -0.05) is 12.8 Å². The standard InChI is InChI=1S/C14H19FN2O/c1-10-6-11(15)8-13(7-10)17-14(18)9-16-12-4-2-3-5-12/h6-8,12,16H,2-5,9H2,1H3,(H,17,18). The summed E-state index contributed by atoms with van der Waals surface area (Å²) in [6.07, 6.45) is 4.77. The molecule has 0 radical (unpaired) electrons. The molecule has 18 heavy (non-hydrogen) atoms. The largest absolute Gasteiger partial charge is 0.325 e. The molecule has 1 aromatic carbocycles. The van der Waals surface area contributed by atoms with Crippen LogP contribution >= 0.6 is 0 Å². The molecule has 4 heteroatoms. The van der Waals surface area contributed by atoms with E-state index in [2.05, 4.69) is 10.6 Å². The van der Waals surface area contributed by atoms with Crippen LogP contribution in [0.2, 0.25) is 0 Å². The van der Waals surface area contributed by atoms with Gasteiger partial charge in [0.05, 0.1) is 6.54 Å². The Morgan fingerprint density at radius 1 is 1.33 bits per heavy atom. The number of anilines is 1. The van der Waals surface area contributed by atoms with Crippen molar-refractivity contribution in [3.05, 3.63) is 29.6 Å². The van der Waals surface area contributed by atoms with Crippen LogP contribution in [0.1, 0.15) is 31.2 Å². The minimum Gasteiger partial charge on any atom is -0.325 e. The molecule has 1 aliphatic rings. The van der Waals surface area contributed by atoms with Crippen molar-refractivity contribution >= 4 is 11.6 Å². The van der Waals surface area contributed by atoms with Crippen LogP contribution in [-0.4, -0.2) is 18.5 Å². The molecule has 0 unspecified atom stereocenters. The first-order chi connectivity index (χ1) is 8.63. The molecule has 0 aliphatic heterocycles. The Morgan fingerprint density at radius 2 is 2.06 bits per heavy atom. The van der Waals surface area contributed by atoms with Crippen LogP contribution in [-0.2, 0) is 4.79 Å². The predicted molar refractivity (Wildman–Crippen MR) is 70.0 cm³/mol. The van der Waals surface area contributed by atoms with Crippen molar-refractivity contribution < 1.29 is 9.18 Å². The fraction of sp³-hybridized carbons (Fsp3) is 0.500. The maximum Gasteiger partial charge on any atom is 0.238 e. The molecule has 0 aromatic heterocycles. The summed E-state index contributed by atoms with van der Waals surface area (Å²) in [7, 11) is 0. The summed E-state index contributed by atoms with van der Waals surface area (Å²) >= 11 is 0. The number of benzene rings is 1. The fourth-order valence-corrected chi connectivity index (χ4v) is 2.38. The van der Waals surface area contributed by atoms with E-state index in [1.807, 2.05) is 0 Å². The number of hydrogen-bond acceptors (Lipinski definition) is 2. The highest BCUT2D eigenvalue weighted by Crippen LogP contribution is 2.17.